The van der Waals surface area contributed by atoms with Gasteiger partial charge in [-0.25, -0.2) is 0 Å². The summed E-state index contributed by atoms with van der Waals surface area (Å²) in [5.41, 5.74) is 2.53. The minimum atomic E-state index is -0.483. The molecule has 1 aliphatic rings. The number of aliphatic hydroxyl groups excluding tert-OH is 1. The molecule has 2 heterocycles. The molecule has 1 atom stereocenters. The second-order valence-corrected chi connectivity index (χ2v) is 6.55. The normalized spacial score (nSPS) is 17.2. The van der Waals surface area contributed by atoms with E-state index >= 15 is 0 Å². The summed E-state index contributed by atoms with van der Waals surface area (Å²) in [6.45, 7) is 8.28. The monoisotopic (exact) mass is 346 g/mol. The molecule has 1 saturated heterocycles. The smallest absolute Gasteiger partial charge is 0.256 e. The summed E-state index contributed by atoms with van der Waals surface area (Å²) in [5.74, 6) is 0.0347. The Labute approximate surface area is 147 Å². The minimum absolute atomic E-state index is 0.0347. The molecule has 25 heavy (non-hydrogen) atoms. The number of aryl methyl sites for hydroxylation is 1. The van der Waals surface area contributed by atoms with Crippen LogP contribution in [0.4, 0.5) is 0 Å². The average Bonchev–Trinajstić information content (AvgIpc) is 3.07. The van der Waals surface area contributed by atoms with Crippen molar-refractivity contribution in [2.45, 2.75) is 20.0 Å². The Morgan fingerprint density at radius 1 is 1.36 bits per heavy atom. The van der Waals surface area contributed by atoms with Crippen LogP contribution < -0.4 is 0 Å². The average molecular weight is 346 g/mol. The van der Waals surface area contributed by atoms with Gasteiger partial charge in [0.15, 0.2) is 0 Å². The highest BCUT2D eigenvalue weighted by Crippen LogP contribution is 2.21. The summed E-state index contributed by atoms with van der Waals surface area (Å²) < 4.78 is 5.25. The van der Waals surface area contributed by atoms with Crippen LogP contribution in [0.5, 0.6) is 0 Å². The summed E-state index contributed by atoms with van der Waals surface area (Å²) >= 11 is 0. The number of hydrogen-bond acceptors (Lipinski definition) is 5. The predicted molar refractivity (Wildman–Crippen MR) is 95.7 cm³/mol. The molecule has 7 heteroatoms. The van der Waals surface area contributed by atoms with Crippen LogP contribution in [0, 0.1) is 6.92 Å². The summed E-state index contributed by atoms with van der Waals surface area (Å²) in [5, 5.41) is 17.9. The lowest BCUT2D eigenvalue weighted by Crippen LogP contribution is -2.50. The van der Waals surface area contributed by atoms with Gasteiger partial charge in [0, 0.05) is 44.7 Å². The fraction of sp³-hybridized carbons (Fsp3) is 0.556. The number of nitrogens with one attached hydrogen (secondary N) is 1. The molecule has 0 spiro atoms. The van der Waals surface area contributed by atoms with Crippen molar-refractivity contribution in [2.24, 2.45) is 0 Å². The van der Waals surface area contributed by atoms with Gasteiger partial charge in [0.2, 0.25) is 0 Å². The van der Waals surface area contributed by atoms with Gasteiger partial charge in [-0.2, -0.15) is 5.10 Å². The van der Waals surface area contributed by atoms with Gasteiger partial charge < -0.3 is 14.7 Å². The standard InChI is InChI=1S/C18H26N4O3/c1-3-25-12-15(23)11-21-4-6-22(7-5-21)18(24)16-9-13(2)8-14-10-19-20-17(14)16/h8-10,15,23H,3-7,11-12H2,1-2H3,(H,19,20). The van der Waals surface area contributed by atoms with E-state index in [0.717, 1.165) is 29.6 Å². The van der Waals surface area contributed by atoms with Crippen LogP contribution in [0.25, 0.3) is 10.9 Å². The van der Waals surface area contributed by atoms with Crippen molar-refractivity contribution < 1.29 is 14.6 Å². The first kappa shape index (κ1) is 17.8. The molecule has 0 aliphatic carbocycles. The zero-order chi connectivity index (χ0) is 17.8. The summed E-state index contributed by atoms with van der Waals surface area (Å²) in [7, 11) is 0. The molecule has 0 saturated carbocycles. The number of ether oxygens (including phenoxy) is 1. The quantitative estimate of drug-likeness (QED) is 0.816. The molecule has 136 valence electrons. The molecular formula is C18H26N4O3. The highest BCUT2D eigenvalue weighted by atomic mass is 16.5. The number of fused-ring (bicyclic) bond motifs is 1. The third-order valence-corrected chi connectivity index (χ3v) is 4.57. The van der Waals surface area contributed by atoms with Crippen molar-refractivity contribution in [1.82, 2.24) is 20.0 Å². The zero-order valence-corrected chi connectivity index (χ0v) is 14.9. The lowest BCUT2D eigenvalue weighted by Gasteiger charge is -2.35. The van der Waals surface area contributed by atoms with Gasteiger partial charge in [-0.15, -0.1) is 0 Å². The molecule has 0 radical (unpaired) electrons. The number of amides is 1. The fourth-order valence-electron chi connectivity index (χ4n) is 3.28. The molecule has 1 unspecified atom stereocenters. The maximum Gasteiger partial charge on any atom is 0.256 e. The van der Waals surface area contributed by atoms with Crippen molar-refractivity contribution in [2.75, 3.05) is 45.9 Å². The number of piperazine rings is 1. The number of β-amino-alcohol motifs (C(OH)–C–C–N with tert-alkyl or cyclic N) is 1. The number of carbonyl (C=O) groups excluding carboxylic acids is 1. The van der Waals surface area contributed by atoms with Crippen LogP contribution in [-0.4, -0.2) is 83.1 Å². The number of H-pyrrole nitrogens is 1. The zero-order valence-electron chi connectivity index (χ0n) is 14.9. The Kier molecular flexibility index (Phi) is 5.67. The number of rotatable bonds is 6. The van der Waals surface area contributed by atoms with Crippen LogP contribution in [0.1, 0.15) is 22.8 Å². The first-order valence-electron chi connectivity index (χ1n) is 8.79. The molecule has 1 amide bonds. The Hall–Kier alpha value is -1.96. The van der Waals surface area contributed by atoms with E-state index in [1.807, 2.05) is 30.9 Å². The molecule has 3 rings (SSSR count). The summed E-state index contributed by atoms with van der Waals surface area (Å²) in [4.78, 5) is 17.0. The van der Waals surface area contributed by atoms with Gasteiger partial charge in [-0.3, -0.25) is 14.8 Å². The van der Waals surface area contributed by atoms with E-state index < -0.39 is 6.10 Å². The van der Waals surface area contributed by atoms with E-state index in [1.165, 1.54) is 0 Å². The maximum atomic E-state index is 12.9. The van der Waals surface area contributed by atoms with Crippen molar-refractivity contribution in [3.05, 3.63) is 29.5 Å². The van der Waals surface area contributed by atoms with Crippen LogP contribution in [0.2, 0.25) is 0 Å². The van der Waals surface area contributed by atoms with Gasteiger partial charge in [-0.1, -0.05) is 0 Å². The number of benzene rings is 1. The molecular weight excluding hydrogens is 320 g/mol. The van der Waals surface area contributed by atoms with Gasteiger partial charge in [0.05, 0.1) is 30.0 Å². The second kappa shape index (κ2) is 7.95. The minimum Gasteiger partial charge on any atom is -0.389 e. The molecule has 2 aromatic rings. The van der Waals surface area contributed by atoms with E-state index in [0.29, 0.717) is 38.4 Å². The second-order valence-electron chi connectivity index (χ2n) is 6.55. The number of aliphatic hydroxyl groups is 1. The molecule has 2 N–H and O–H groups in total. The van der Waals surface area contributed by atoms with Crippen LogP contribution in [0.15, 0.2) is 18.3 Å². The maximum absolute atomic E-state index is 12.9. The molecule has 0 bridgehead atoms. The number of aromatic amines is 1. The van der Waals surface area contributed by atoms with Crippen molar-refractivity contribution in [3.63, 3.8) is 0 Å². The van der Waals surface area contributed by atoms with Crippen LogP contribution in [0.3, 0.4) is 0 Å². The Morgan fingerprint density at radius 2 is 2.12 bits per heavy atom. The van der Waals surface area contributed by atoms with E-state index in [9.17, 15) is 9.90 Å². The predicted octanol–water partition coefficient (Wildman–Crippen LogP) is 1.03. The molecule has 1 aromatic heterocycles. The number of nitrogens with zero attached hydrogens (tertiary/aromatic N) is 3. The summed E-state index contributed by atoms with van der Waals surface area (Å²) in [6.07, 6.45) is 1.26. The van der Waals surface area contributed by atoms with Crippen molar-refractivity contribution >= 4 is 16.8 Å². The number of hydrogen-bond donors (Lipinski definition) is 2. The molecule has 7 nitrogen and oxygen atoms in total. The number of carbonyl (C=O) groups is 1. The van der Waals surface area contributed by atoms with Crippen LogP contribution in [-0.2, 0) is 4.74 Å². The van der Waals surface area contributed by atoms with E-state index in [1.54, 1.807) is 6.20 Å². The topological polar surface area (TPSA) is 81.7 Å². The van der Waals surface area contributed by atoms with Crippen molar-refractivity contribution in [3.8, 4) is 0 Å². The van der Waals surface area contributed by atoms with E-state index in [2.05, 4.69) is 15.1 Å². The van der Waals surface area contributed by atoms with Gasteiger partial charge in [-0.05, 0) is 31.5 Å². The molecule has 1 fully saturated rings. The molecule has 1 aliphatic heterocycles. The highest BCUT2D eigenvalue weighted by molar-refractivity contribution is 6.05. The van der Waals surface area contributed by atoms with Crippen LogP contribution >= 0.6 is 0 Å². The Balaban J connectivity index is 1.61. The van der Waals surface area contributed by atoms with E-state index in [4.69, 9.17) is 4.74 Å². The Morgan fingerprint density at radius 3 is 2.84 bits per heavy atom. The third-order valence-electron chi connectivity index (χ3n) is 4.57. The molecule has 1 aromatic carbocycles. The summed E-state index contributed by atoms with van der Waals surface area (Å²) in [6, 6.07) is 3.94. The fourth-order valence-corrected chi connectivity index (χ4v) is 3.28. The lowest BCUT2D eigenvalue weighted by atomic mass is 10.1. The first-order chi connectivity index (χ1) is 12.1. The van der Waals surface area contributed by atoms with Gasteiger partial charge in [0.1, 0.15) is 0 Å². The van der Waals surface area contributed by atoms with Gasteiger partial charge >= 0.3 is 0 Å². The van der Waals surface area contributed by atoms with Gasteiger partial charge in [0.25, 0.3) is 5.91 Å². The lowest BCUT2D eigenvalue weighted by molar-refractivity contribution is 0.0111. The number of aromatic nitrogens is 2. The van der Waals surface area contributed by atoms with Crippen molar-refractivity contribution in [1.29, 1.82) is 0 Å². The third kappa shape index (κ3) is 4.18. The first-order valence-corrected chi connectivity index (χ1v) is 8.79. The largest absolute Gasteiger partial charge is 0.389 e. The van der Waals surface area contributed by atoms with E-state index in [-0.39, 0.29) is 5.91 Å². The Bertz CT molecular complexity index is 722. The highest BCUT2D eigenvalue weighted by Gasteiger charge is 2.25. The SMILES string of the molecule is CCOCC(O)CN1CCN(C(=O)c2cc(C)cc3cn[nH]c23)CC1.